The number of phenols is 1. The van der Waals surface area contributed by atoms with Gasteiger partial charge < -0.3 is 10.2 Å². The highest BCUT2D eigenvalue weighted by Crippen LogP contribution is 2.23. The highest BCUT2D eigenvalue weighted by molar-refractivity contribution is 5.94. The SMILES string of the molecule is O=C=Nc1ccc(O)cc1C(=O)O. The van der Waals surface area contributed by atoms with E-state index < -0.39 is 5.97 Å². The van der Waals surface area contributed by atoms with Crippen molar-refractivity contribution < 1.29 is 19.8 Å². The van der Waals surface area contributed by atoms with E-state index in [1.165, 1.54) is 18.2 Å². The molecule has 0 aliphatic carbocycles. The van der Waals surface area contributed by atoms with Gasteiger partial charge in [0.05, 0.1) is 11.3 Å². The monoisotopic (exact) mass is 179 g/mol. The van der Waals surface area contributed by atoms with Crippen molar-refractivity contribution in [1.82, 2.24) is 0 Å². The van der Waals surface area contributed by atoms with E-state index in [-0.39, 0.29) is 17.0 Å². The summed E-state index contributed by atoms with van der Waals surface area (Å²) in [6.07, 6.45) is 1.23. The molecule has 0 radical (unpaired) electrons. The van der Waals surface area contributed by atoms with Crippen molar-refractivity contribution in [2.24, 2.45) is 4.99 Å². The van der Waals surface area contributed by atoms with Gasteiger partial charge in [-0.1, -0.05) is 0 Å². The molecule has 0 aliphatic heterocycles. The average Bonchev–Trinajstić information content (AvgIpc) is 2.08. The van der Waals surface area contributed by atoms with Crippen LogP contribution in [-0.4, -0.2) is 22.3 Å². The highest BCUT2D eigenvalue weighted by atomic mass is 16.4. The molecule has 0 aliphatic rings. The Hall–Kier alpha value is -2.13. The number of aromatic hydroxyl groups is 1. The molecule has 2 N–H and O–H groups in total. The Bertz CT molecular complexity index is 393. The van der Waals surface area contributed by atoms with Gasteiger partial charge in [-0.05, 0) is 18.2 Å². The number of benzene rings is 1. The first kappa shape index (κ1) is 8.96. The molecule has 0 spiro atoms. The molecule has 5 nitrogen and oxygen atoms in total. The third-order valence-corrected chi connectivity index (χ3v) is 1.38. The number of hydrogen-bond donors (Lipinski definition) is 2. The number of aliphatic imine (C=N–C) groups is 1. The van der Waals surface area contributed by atoms with Gasteiger partial charge >= 0.3 is 5.97 Å². The van der Waals surface area contributed by atoms with Crippen molar-refractivity contribution in [3.8, 4) is 5.75 Å². The maximum Gasteiger partial charge on any atom is 0.338 e. The van der Waals surface area contributed by atoms with Crippen LogP contribution in [0.3, 0.4) is 0 Å². The molecule has 1 aromatic rings. The predicted octanol–water partition coefficient (Wildman–Crippen LogP) is 1.06. The Balaban J connectivity index is 3.34. The Morgan fingerprint density at radius 2 is 2.15 bits per heavy atom. The van der Waals surface area contributed by atoms with Crippen LogP contribution in [0.2, 0.25) is 0 Å². The molecule has 0 saturated carbocycles. The summed E-state index contributed by atoms with van der Waals surface area (Å²) < 4.78 is 0. The molecule has 1 rings (SSSR count). The minimum atomic E-state index is -1.26. The van der Waals surface area contributed by atoms with Crippen LogP contribution in [0.15, 0.2) is 23.2 Å². The van der Waals surface area contributed by atoms with E-state index >= 15 is 0 Å². The third kappa shape index (κ3) is 1.91. The molecule has 0 bridgehead atoms. The zero-order chi connectivity index (χ0) is 9.84. The van der Waals surface area contributed by atoms with Crippen LogP contribution in [0.5, 0.6) is 5.75 Å². The lowest BCUT2D eigenvalue weighted by atomic mass is 10.2. The molecule has 0 fully saturated rings. The van der Waals surface area contributed by atoms with Crippen LogP contribution in [0.1, 0.15) is 10.4 Å². The Labute approximate surface area is 73.0 Å². The van der Waals surface area contributed by atoms with E-state index in [1.807, 2.05) is 0 Å². The molecule has 13 heavy (non-hydrogen) atoms. The van der Waals surface area contributed by atoms with Crippen LogP contribution >= 0.6 is 0 Å². The van der Waals surface area contributed by atoms with E-state index in [4.69, 9.17) is 10.2 Å². The zero-order valence-electron chi connectivity index (χ0n) is 6.39. The van der Waals surface area contributed by atoms with E-state index in [9.17, 15) is 9.59 Å². The molecule has 1 aromatic carbocycles. The summed E-state index contributed by atoms with van der Waals surface area (Å²) in [6.45, 7) is 0. The molecule has 0 saturated heterocycles. The summed E-state index contributed by atoms with van der Waals surface area (Å²) in [5, 5.41) is 17.6. The second kappa shape index (κ2) is 3.51. The smallest absolute Gasteiger partial charge is 0.338 e. The van der Waals surface area contributed by atoms with Crippen molar-refractivity contribution in [3.05, 3.63) is 23.8 Å². The van der Waals surface area contributed by atoms with Gasteiger partial charge in [-0.3, -0.25) is 0 Å². The number of carbonyl (C=O) groups is 1. The number of rotatable bonds is 2. The lowest BCUT2D eigenvalue weighted by Crippen LogP contribution is -1.95. The topological polar surface area (TPSA) is 87.0 Å². The fraction of sp³-hybridized carbons (Fsp3) is 0. The van der Waals surface area contributed by atoms with Crippen molar-refractivity contribution in [2.75, 3.05) is 0 Å². The number of carbonyl (C=O) groups excluding carboxylic acids is 1. The van der Waals surface area contributed by atoms with Gasteiger partial charge in [-0.2, -0.15) is 4.99 Å². The van der Waals surface area contributed by atoms with Gasteiger partial charge in [0.2, 0.25) is 6.08 Å². The molecule has 0 amide bonds. The van der Waals surface area contributed by atoms with E-state index in [2.05, 4.69) is 4.99 Å². The first-order valence-electron chi connectivity index (χ1n) is 3.29. The first-order chi connectivity index (χ1) is 6.15. The van der Waals surface area contributed by atoms with Crippen molar-refractivity contribution in [3.63, 3.8) is 0 Å². The first-order valence-corrected chi connectivity index (χ1v) is 3.29. The Kier molecular flexibility index (Phi) is 2.42. The largest absolute Gasteiger partial charge is 0.508 e. The lowest BCUT2D eigenvalue weighted by molar-refractivity contribution is 0.0697. The highest BCUT2D eigenvalue weighted by Gasteiger charge is 2.09. The standard InChI is InChI=1S/C8H5NO4/c10-4-9-7-2-1-5(11)3-6(7)8(12)13/h1-3,11H,(H,12,13). The lowest BCUT2D eigenvalue weighted by Gasteiger charge is -1.98. The number of carboxylic acids is 1. The van der Waals surface area contributed by atoms with Crippen LogP contribution < -0.4 is 0 Å². The maximum atomic E-state index is 10.5. The fourth-order valence-corrected chi connectivity index (χ4v) is 0.842. The second-order valence-electron chi connectivity index (χ2n) is 2.21. The van der Waals surface area contributed by atoms with Gasteiger partial charge in [0.1, 0.15) is 5.75 Å². The summed E-state index contributed by atoms with van der Waals surface area (Å²) in [4.78, 5) is 23.6. The van der Waals surface area contributed by atoms with Crippen molar-refractivity contribution >= 4 is 17.7 Å². The van der Waals surface area contributed by atoms with Gasteiger partial charge in [-0.15, -0.1) is 0 Å². The van der Waals surface area contributed by atoms with Gasteiger partial charge in [0.25, 0.3) is 0 Å². The van der Waals surface area contributed by atoms with Crippen LogP contribution in [0.25, 0.3) is 0 Å². The minimum absolute atomic E-state index is 0.0275. The summed E-state index contributed by atoms with van der Waals surface area (Å²) in [5.74, 6) is -1.45. The second-order valence-corrected chi connectivity index (χ2v) is 2.21. The predicted molar refractivity (Wildman–Crippen MR) is 42.8 cm³/mol. The number of phenolic OH excluding ortho intramolecular Hbond substituents is 1. The molecule has 66 valence electrons. The summed E-state index contributed by atoms with van der Waals surface area (Å²) in [7, 11) is 0. The summed E-state index contributed by atoms with van der Waals surface area (Å²) in [5.41, 5.74) is -0.261. The van der Waals surface area contributed by atoms with Gasteiger partial charge in [0.15, 0.2) is 0 Å². The molecular weight excluding hydrogens is 174 g/mol. The molecular formula is C8H5NO4. The molecule has 0 unspecified atom stereocenters. The normalized spacial score (nSPS) is 8.92. The van der Waals surface area contributed by atoms with Crippen molar-refractivity contribution in [1.29, 1.82) is 0 Å². The fourth-order valence-electron chi connectivity index (χ4n) is 0.842. The van der Waals surface area contributed by atoms with Crippen LogP contribution in [-0.2, 0) is 4.79 Å². The van der Waals surface area contributed by atoms with Gasteiger partial charge in [-0.25, -0.2) is 9.59 Å². The Morgan fingerprint density at radius 3 is 2.69 bits per heavy atom. The molecule has 0 heterocycles. The number of hydrogen-bond acceptors (Lipinski definition) is 4. The van der Waals surface area contributed by atoms with E-state index in [0.717, 1.165) is 6.07 Å². The number of carboxylic acid groups (broad SMARTS) is 1. The van der Waals surface area contributed by atoms with Gasteiger partial charge in [0, 0.05) is 0 Å². The quantitative estimate of drug-likeness (QED) is 0.524. The third-order valence-electron chi connectivity index (χ3n) is 1.38. The Morgan fingerprint density at radius 1 is 1.46 bits per heavy atom. The molecule has 0 aromatic heterocycles. The van der Waals surface area contributed by atoms with Crippen LogP contribution in [0.4, 0.5) is 5.69 Å². The average molecular weight is 179 g/mol. The molecule has 0 atom stereocenters. The number of nitrogens with zero attached hydrogens (tertiary/aromatic N) is 1. The van der Waals surface area contributed by atoms with Crippen LogP contribution in [0, 0.1) is 0 Å². The summed E-state index contributed by atoms with van der Waals surface area (Å²) in [6, 6.07) is 3.48. The van der Waals surface area contributed by atoms with E-state index in [0.29, 0.717) is 0 Å². The summed E-state index contributed by atoms with van der Waals surface area (Å²) >= 11 is 0. The van der Waals surface area contributed by atoms with E-state index in [1.54, 1.807) is 0 Å². The molecule has 5 heteroatoms. The minimum Gasteiger partial charge on any atom is -0.508 e. The zero-order valence-corrected chi connectivity index (χ0v) is 6.39. The number of aromatic carboxylic acids is 1. The van der Waals surface area contributed by atoms with Crippen molar-refractivity contribution in [2.45, 2.75) is 0 Å². The number of isocyanates is 1. The maximum absolute atomic E-state index is 10.5.